The van der Waals surface area contributed by atoms with Crippen molar-refractivity contribution in [2.24, 2.45) is 0 Å². The third kappa shape index (κ3) is 1.65. The molecule has 14 heavy (non-hydrogen) atoms. The molecule has 4 nitrogen and oxygen atoms in total. The van der Waals surface area contributed by atoms with Gasteiger partial charge >= 0.3 is 5.82 Å². The van der Waals surface area contributed by atoms with E-state index < -0.39 is 0 Å². The van der Waals surface area contributed by atoms with Gasteiger partial charge in [0.05, 0.1) is 13.2 Å². The molecule has 0 radical (unpaired) electrons. The molecular weight excluding hydrogens is 180 g/mol. The number of morpholine rings is 1. The van der Waals surface area contributed by atoms with Crippen molar-refractivity contribution in [1.82, 2.24) is 0 Å². The molecule has 0 amide bonds. The Morgan fingerprint density at radius 1 is 1.43 bits per heavy atom. The summed E-state index contributed by atoms with van der Waals surface area (Å²) in [5.41, 5.74) is 1.08. The van der Waals surface area contributed by atoms with Gasteiger partial charge in [0.2, 0.25) is 0 Å². The molecule has 1 saturated heterocycles. The fraction of sp³-hybridized carbons (Fsp3) is 0.500. The van der Waals surface area contributed by atoms with Gasteiger partial charge in [-0.15, -0.1) is 0 Å². The second kappa shape index (κ2) is 3.84. The maximum atomic E-state index is 9.68. The topological polar surface area (TPSA) is 36.6 Å². The number of nitrogens with zero attached hydrogens (tertiary/aromatic N) is 2. The van der Waals surface area contributed by atoms with Crippen LogP contribution in [-0.4, -0.2) is 31.5 Å². The maximum absolute atomic E-state index is 9.68. The van der Waals surface area contributed by atoms with Crippen molar-refractivity contribution < 1.29 is 14.7 Å². The average molecular weight is 195 g/mol. The maximum Gasteiger partial charge on any atom is 0.319 e. The van der Waals surface area contributed by atoms with Gasteiger partial charge in [-0.3, -0.25) is 4.90 Å². The molecule has 0 saturated carbocycles. The Hall–Kier alpha value is -1.29. The first-order valence-corrected chi connectivity index (χ1v) is 4.82. The minimum Gasteiger partial charge on any atom is -0.373 e. The van der Waals surface area contributed by atoms with E-state index in [1.54, 1.807) is 6.20 Å². The van der Waals surface area contributed by atoms with Gasteiger partial charge in [0.15, 0.2) is 0 Å². The molecule has 1 aliphatic heterocycles. The normalized spacial score (nSPS) is 17.1. The van der Waals surface area contributed by atoms with Crippen molar-refractivity contribution in [3.8, 4) is 0 Å². The van der Waals surface area contributed by atoms with Gasteiger partial charge in [-0.1, -0.05) is 4.73 Å². The molecule has 1 aliphatic rings. The van der Waals surface area contributed by atoms with Crippen molar-refractivity contribution in [3.63, 3.8) is 0 Å². The first-order chi connectivity index (χ1) is 6.79. The minimum absolute atomic E-state index is 0.730. The van der Waals surface area contributed by atoms with Crippen molar-refractivity contribution in [3.05, 3.63) is 23.9 Å². The highest BCUT2D eigenvalue weighted by atomic mass is 16.5. The van der Waals surface area contributed by atoms with Crippen LogP contribution in [0.3, 0.4) is 0 Å². The van der Waals surface area contributed by atoms with Crippen molar-refractivity contribution >= 4 is 5.82 Å². The zero-order valence-corrected chi connectivity index (χ0v) is 8.31. The molecule has 0 aliphatic carbocycles. The molecule has 1 fully saturated rings. The van der Waals surface area contributed by atoms with E-state index in [9.17, 15) is 5.21 Å². The Morgan fingerprint density at radius 3 is 2.79 bits per heavy atom. The van der Waals surface area contributed by atoms with Crippen LogP contribution in [0.15, 0.2) is 18.3 Å². The number of ether oxygens (including phenoxy) is 1. The van der Waals surface area contributed by atoms with E-state index in [-0.39, 0.29) is 0 Å². The highest BCUT2D eigenvalue weighted by Gasteiger charge is 2.24. The molecule has 0 bridgehead atoms. The van der Waals surface area contributed by atoms with Gasteiger partial charge in [-0.25, -0.2) is 0 Å². The zero-order chi connectivity index (χ0) is 9.97. The van der Waals surface area contributed by atoms with Gasteiger partial charge in [0, 0.05) is 5.56 Å². The lowest BCUT2D eigenvalue weighted by molar-refractivity contribution is -0.894. The summed E-state index contributed by atoms with van der Waals surface area (Å²) in [6.07, 6.45) is 1.65. The Bertz CT molecular complexity index is 302. The summed E-state index contributed by atoms with van der Waals surface area (Å²) < 4.78 is 6.45. The summed E-state index contributed by atoms with van der Waals surface area (Å²) in [6, 6.07) is 3.83. The third-order valence-corrected chi connectivity index (χ3v) is 2.45. The number of hydrogen-bond acceptors (Lipinski definition) is 3. The lowest BCUT2D eigenvalue weighted by Crippen LogP contribution is -2.45. The first kappa shape index (κ1) is 9.27. The largest absolute Gasteiger partial charge is 0.373 e. The summed E-state index contributed by atoms with van der Waals surface area (Å²) in [6.45, 7) is 5.14. The molecule has 0 atom stereocenters. The lowest BCUT2D eigenvalue weighted by Gasteiger charge is -2.22. The fourth-order valence-corrected chi connectivity index (χ4v) is 1.76. The summed E-state index contributed by atoms with van der Waals surface area (Å²) in [5, 5.41) is 9.68. The van der Waals surface area contributed by atoms with Crippen LogP contribution in [0.4, 0.5) is 5.82 Å². The predicted octanol–water partition coefficient (Wildman–Crippen LogP) is 0.356. The molecule has 4 heteroatoms. The van der Waals surface area contributed by atoms with E-state index in [0.717, 1.165) is 37.7 Å². The van der Waals surface area contributed by atoms with Crippen LogP contribution >= 0.6 is 0 Å². The SMILES string of the molecule is Cc1ccc[n+](O)c1N1CCOCC1. The van der Waals surface area contributed by atoms with Crippen molar-refractivity contribution in [2.75, 3.05) is 31.2 Å². The molecule has 0 unspecified atom stereocenters. The van der Waals surface area contributed by atoms with Gasteiger partial charge in [0.25, 0.3) is 0 Å². The van der Waals surface area contributed by atoms with E-state index >= 15 is 0 Å². The Kier molecular flexibility index (Phi) is 2.54. The Morgan fingerprint density at radius 2 is 2.14 bits per heavy atom. The highest BCUT2D eigenvalue weighted by molar-refractivity contribution is 5.41. The van der Waals surface area contributed by atoms with Crippen LogP contribution in [0, 0.1) is 6.92 Å². The van der Waals surface area contributed by atoms with Gasteiger partial charge in [-0.05, 0) is 19.1 Å². The molecule has 0 spiro atoms. The monoisotopic (exact) mass is 195 g/mol. The third-order valence-electron chi connectivity index (χ3n) is 2.45. The number of anilines is 1. The van der Waals surface area contributed by atoms with Crippen LogP contribution in [0.5, 0.6) is 0 Å². The van der Waals surface area contributed by atoms with Gasteiger partial charge in [0.1, 0.15) is 19.3 Å². The quantitative estimate of drug-likeness (QED) is 0.519. The van der Waals surface area contributed by atoms with E-state index in [0.29, 0.717) is 0 Å². The average Bonchev–Trinajstić information content (AvgIpc) is 2.19. The molecule has 2 heterocycles. The Labute approximate surface area is 83.3 Å². The molecule has 76 valence electrons. The van der Waals surface area contributed by atoms with Crippen LogP contribution in [0.1, 0.15) is 5.56 Å². The summed E-state index contributed by atoms with van der Waals surface area (Å²) in [5.74, 6) is 0.871. The summed E-state index contributed by atoms with van der Waals surface area (Å²) >= 11 is 0. The van der Waals surface area contributed by atoms with Crippen LogP contribution < -0.4 is 9.63 Å². The van der Waals surface area contributed by atoms with Crippen molar-refractivity contribution in [2.45, 2.75) is 6.92 Å². The molecular formula is C10H15N2O2+. The smallest absolute Gasteiger partial charge is 0.319 e. The highest BCUT2D eigenvalue weighted by Crippen LogP contribution is 2.14. The van der Waals surface area contributed by atoms with Gasteiger partial charge < -0.3 is 9.94 Å². The van der Waals surface area contributed by atoms with Crippen LogP contribution in [-0.2, 0) is 4.74 Å². The number of aromatic nitrogens is 1. The number of rotatable bonds is 1. The predicted molar refractivity (Wildman–Crippen MR) is 51.6 cm³/mol. The molecule has 0 aromatic carbocycles. The summed E-state index contributed by atoms with van der Waals surface area (Å²) in [7, 11) is 0. The second-order valence-corrected chi connectivity index (χ2v) is 3.46. The number of pyridine rings is 1. The summed E-state index contributed by atoms with van der Waals surface area (Å²) in [4.78, 5) is 2.14. The first-order valence-electron chi connectivity index (χ1n) is 4.82. The Balaban J connectivity index is 2.29. The zero-order valence-electron chi connectivity index (χ0n) is 8.31. The van der Waals surface area contributed by atoms with E-state index in [1.165, 1.54) is 4.73 Å². The minimum atomic E-state index is 0.730. The molecule has 1 aromatic heterocycles. The van der Waals surface area contributed by atoms with Crippen LogP contribution in [0.25, 0.3) is 0 Å². The van der Waals surface area contributed by atoms with E-state index in [1.807, 2.05) is 19.1 Å². The van der Waals surface area contributed by atoms with E-state index in [4.69, 9.17) is 4.74 Å². The number of hydrogen-bond donors (Lipinski definition) is 1. The fourth-order valence-electron chi connectivity index (χ4n) is 1.76. The van der Waals surface area contributed by atoms with E-state index in [2.05, 4.69) is 4.90 Å². The number of aryl methyl sites for hydroxylation is 1. The lowest BCUT2D eigenvalue weighted by atomic mass is 10.2. The molecule has 1 aromatic rings. The second-order valence-electron chi connectivity index (χ2n) is 3.46. The molecule has 1 N–H and O–H groups in total. The van der Waals surface area contributed by atoms with Gasteiger partial charge in [-0.2, -0.15) is 0 Å². The standard InChI is InChI=1S/C10H15N2O2/c1-9-3-2-4-12(13)10(9)11-5-7-14-8-6-11/h2-4,13H,5-8H2,1H3/q+1. The van der Waals surface area contributed by atoms with Crippen molar-refractivity contribution in [1.29, 1.82) is 0 Å². The molecule has 2 rings (SSSR count). The van der Waals surface area contributed by atoms with Crippen LogP contribution in [0.2, 0.25) is 0 Å².